The van der Waals surface area contributed by atoms with Gasteiger partial charge in [0.15, 0.2) is 0 Å². The molecule has 0 saturated heterocycles. The van der Waals surface area contributed by atoms with Gasteiger partial charge in [-0.25, -0.2) is 0 Å². The normalized spacial score (nSPS) is 13.7. The number of aliphatic hydroxyl groups is 1. The molecule has 0 aromatic rings. The van der Waals surface area contributed by atoms with Gasteiger partial charge >= 0.3 is 6.18 Å². The molecule has 0 aliphatic heterocycles. The van der Waals surface area contributed by atoms with Crippen LogP contribution in [0.1, 0.15) is 90.4 Å². The zero-order valence-corrected chi connectivity index (χ0v) is 12.9. The number of unbranched alkanes of at least 4 members (excludes halogenated alkanes) is 9. The average Bonchev–Trinajstić information content (AvgIpc) is 2.38. The van der Waals surface area contributed by atoms with Crippen molar-refractivity contribution in [2.24, 2.45) is 0 Å². The van der Waals surface area contributed by atoms with Crippen LogP contribution < -0.4 is 0 Å². The van der Waals surface area contributed by atoms with Crippen molar-refractivity contribution in [1.29, 1.82) is 0 Å². The Hall–Kier alpha value is -0.250. The van der Waals surface area contributed by atoms with Gasteiger partial charge in [0.2, 0.25) is 0 Å². The largest absolute Gasteiger partial charge is 0.393 e. The van der Waals surface area contributed by atoms with Gasteiger partial charge < -0.3 is 5.11 Å². The Morgan fingerprint density at radius 1 is 0.750 bits per heavy atom. The Kier molecular flexibility index (Phi) is 12.3. The van der Waals surface area contributed by atoms with Crippen LogP contribution in [0.4, 0.5) is 13.2 Å². The molecule has 0 heterocycles. The van der Waals surface area contributed by atoms with Crippen molar-refractivity contribution in [3.8, 4) is 0 Å². The Morgan fingerprint density at radius 2 is 1.20 bits per heavy atom. The van der Waals surface area contributed by atoms with E-state index in [-0.39, 0.29) is 6.42 Å². The molecule has 0 aliphatic carbocycles. The first-order valence-corrected chi connectivity index (χ1v) is 8.20. The van der Waals surface area contributed by atoms with Gasteiger partial charge in [-0.1, -0.05) is 71.1 Å². The van der Waals surface area contributed by atoms with E-state index in [0.717, 1.165) is 19.3 Å². The SMILES string of the molecule is CCCCCCCCCCCCC(O)CCC(F)(F)F. The lowest BCUT2D eigenvalue weighted by Gasteiger charge is -2.11. The number of aliphatic hydroxyl groups excluding tert-OH is 1. The third kappa shape index (κ3) is 15.8. The summed E-state index contributed by atoms with van der Waals surface area (Å²) in [6.07, 6.45) is 6.61. The standard InChI is InChI=1S/C16H31F3O/c1-2-3-4-5-6-7-8-9-10-11-12-15(20)13-14-16(17,18)19/h15,20H,2-14H2,1H3. The number of hydrogen-bond acceptors (Lipinski definition) is 1. The Morgan fingerprint density at radius 3 is 1.65 bits per heavy atom. The second-order valence-electron chi connectivity index (χ2n) is 5.78. The fourth-order valence-electron chi connectivity index (χ4n) is 2.34. The Labute approximate surface area is 122 Å². The quantitative estimate of drug-likeness (QED) is 0.413. The summed E-state index contributed by atoms with van der Waals surface area (Å²) in [5, 5.41) is 9.44. The molecule has 0 rings (SSSR count). The first-order valence-electron chi connectivity index (χ1n) is 8.20. The molecule has 0 spiro atoms. The van der Waals surface area contributed by atoms with Crippen molar-refractivity contribution in [3.63, 3.8) is 0 Å². The van der Waals surface area contributed by atoms with E-state index in [4.69, 9.17) is 0 Å². The number of hydrogen-bond donors (Lipinski definition) is 1. The van der Waals surface area contributed by atoms with Crippen LogP contribution >= 0.6 is 0 Å². The van der Waals surface area contributed by atoms with Gasteiger partial charge in [-0.05, 0) is 12.8 Å². The summed E-state index contributed by atoms with van der Waals surface area (Å²) in [4.78, 5) is 0. The summed E-state index contributed by atoms with van der Waals surface area (Å²) < 4.78 is 35.8. The molecule has 0 aliphatic rings. The molecule has 20 heavy (non-hydrogen) atoms. The van der Waals surface area contributed by atoms with Crippen LogP contribution in [0.2, 0.25) is 0 Å². The molecular formula is C16H31F3O. The highest BCUT2D eigenvalue weighted by Gasteiger charge is 2.27. The van der Waals surface area contributed by atoms with Crippen LogP contribution in [0, 0.1) is 0 Å². The molecule has 1 atom stereocenters. The minimum absolute atomic E-state index is 0.152. The lowest BCUT2D eigenvalue weighted by atomic mass is 10.0. The summed E-state index contributed by atoms with van der Waals surface area (Å²) in [6.45, 7) is 2.21. The fraction of sp³-hybridized carbons (Fsp3) is 1.00. The van der Waals surface area contributed by atoms with Gasteiger partial charge in [0.1, 0.15) is 0 Å². The summed E-state index contributed by atoms with van der Waals surface area (Å²) in [6, 6.07) is 0. The zero-order chi connectivity index (χ0) is 15.3. The van der Waals surface area contributed by atoms with E-state index in [1.54, 1.807) is 0 Å². The van der Waals surface area contributed by atoms with E-state index < -0.39 is 18.7 Å². The van der Waals surface area contributed by atoms with Gasteiger partial charge in [0.25, 0.3) is 0 Å². The minimum atomic E-state index is -4.14. The van der Waals surface area contributed by atoms with Gasteiger partial charge in [-0.3, -0.25) is 0 Å². The highest BCUT2D eigenvalue weighted by atomic mass is 19.4. The van der Waals surface area contributed by atoms with Crippen LogP contribution in [0.15, 0.2) is 0 Å². The van der Waals surface area contributed by atoms with Crippen LogP contribution in [-0.4, -0.2) is 17.4 Å². The lowest BCUT2D eigenvalue weighted by Crippen LogP contribution is -2.14. The van der Waals surface area contributed by atoms with Gasteiger partial charge in [-0.2, -0.15) is 13.2 Å². The maximum absolute atomic E-state index is 11.9. The van der Waals surface area contributed by atoms with Crippen LogP contribution in [0.5, 0.6) is 0 Å². The topological polar surface area (TPSA) is 20.2 Å². The van der Waals surface area contributed by atoms with Crippen LogP contribution in [0.3, 0.4) is 0 Å². The summed E-state index contributed by atoms with van der Waals surface area (Å²) in [7, 11) is 0. The molecule has 0 aromatic carbocycles. The van der Waals surface area contributed by atoms with Crippen molar-refractivity contribution in [1.82, 2.24) is 0 Å². The molecular weight excluding hydrogens is 265 g/mol. The van der Waals surface area contributed by atoms with E-state index in [1.807, 2.05) is 0 Å². The zero-order valence-electron chi connectivity index (χ0n) is 12.9. The van der Waals surface area contributed by atoms with Gasteiger partial charge in [0.05, 0.1) is 6.10 Å². The molecule has 0 fully saturated rings. The maximum Gasteiger partial charge on any atom is 0.389 e. The van der Waals surface area contributed by atoms with E-state index in [0.29, 0.717) is 6.42 Å². The lowest BCUT2D eigenvalue weighted by molar-refractivity contribution is -0.140. The van der Waals surface area contributed by atoms with Crippen LogP contribution in [0.25, 0.3) is 0 Å². The Bertz CT molecular complexity index is 204. The molecule has 1 nitrogen and oxygen atoms in total. The smallest absolute Gasteiger partial charge is 0.389 e. The average molecular weight is 296 g/mol. The monoisotopic (exact) mass is 296 g/mol. The molecule has 4 heteroatoms. The second kappa shape index (κ2) is 12.5. The number of halogens is 3. The molecule has 1 N–H and O–H groups in total. The third-order valence-corrected chi connectivity index (χ3v) is 3.65. The van der Waals surface area contributed by atoms with Crippen LogP contribution in [-0.2, 0) is 0 Å². The first-order chi connectivity index (χ1) is 9.45. The molecule has 1 unspecified atom stereocenters. The molecule has 0 bridgehead atoms. The van der Waals surface area contributed by atoms with E-state index in [1.165, 1.54) is 44.9 Å². The molecule has 0 aromatic heterocycles. The summed E-state index contributed by atoms with van der Waals surface area (Å²) in [5.41, 5.74) is 0. The second-order valence-corrected chi connectivity index (χ2v) is 5.78. The summed E-state index contributed by atoms with van der Waals surface area (Å²) >= 11 is 0. The molecule has 122 valence electrons. The van der Waals surface area contributed by atoms with Crippen molar-refractivity contribution in [3.05, 3.63) is 0 Å². The molecule has 0 radical (unpaired) electrons. The van der Waals surface area contributed by atoms with Gasteiger partial charge in [-0.15, -0.1) is 0 Å². The van der Waals surface area contributed by atoms with Gasteiger partial charge in [0, 0.05) is 6.42 Å². The third-order valence-electron chi connectivity index (χ3n) is 3.65. The van der Waals surface area contributed by atoms with E-state index >= 15 is 0 Å². The van der Waals surface area contributed by atoms with Crippen molar-refractivity contribution in [2.45, 2.75) is 103 Å². The number of rotatable bonds is 13. The first kappa shape index (κ1) is 19.8. The highest BCUT2D eigenvalue weighted by molar-refractivity contribution is 4.60. The minimum Gasteiger partial charge on any atom is -0.393 e. The predicted molar refractivity (Wildman–Crippen MR) is 77.8 cm³/mol. The van der Waals surface area contributed by atoms with Crippen molar-refractivity contribution >= 4 is 0 Å². The van der Waals surface area contributed by atoms with E-state index in [9.17, 15) is 18.3 Å². The number of alkyl halides is 3. The fourth-order valence-corrected chi connectivity index (χ4v) is 2.34. The Balaban J connectivity index is 3.19. The van der Waals surface area contributed by atoms with E-state index in [2.05, 4.69) is 6.92 Å². The summed E-state index contributed by atoms with van der Waals surface area (Å²) in [5.74, 6) is 0. The van der Waals surface area contributed by atoms with Crippen molar-refractivity contribution < 1.29 is 18.3 Å². The van der Waals surface area contributed by atoms with Crippen molar-refractivity contribution in [2.75, 3.05) is 0 Å². The highest BCUT2D eigenvalue weighted by Crippen LogP contribution is 2.23. The predicted octanol–water partition coefficient (Wildman–Crippen LogP) is 6.00. The maximum atomic E-state index is 11.9. The molecule has 0 amide bonds. The molecule has 0 saturated carbocycles.